The lowest BCUT2D eigenvalue weighted by Crippen LogP contribution is -2.41. The maximum atomic E-state index is 12.5. The molecule has 116 valence electrons. The third kappa shape index (κ3) is 2.42. The highest BCUT2D eigenvalue weighted by molar-refractivity contribution is 7.90. The van der Waals surface area contributed by atoms with E-state index in [-0.39, 0.29) is 11.2 Å². The topological polar surface area (TPSA) is 55.2 Å². The summed E-state index contributed by atoms with van der Waals surface area (Å²) in [5, 5.41) is -0.0922. The van der Waals surface area contributed by atoms with Crippen LogP contribution in [0, 0.1) is 0 Å². The lowest BCUT2D eigenvalue weighted by atomic mass is 9.98. The van der Waals surface area contributed by atoms with Crippen LogP contribution in [0.4, 0.5) is 0 Å². The molecule has 2 aliphatic heterocycles. The maximum absolute atomic E-state index is 12.5. The number of aromatic nitrogens is 2. The SMILES string of the molecule is O=S(=O)(C1CC1)N1CCCC(c2ncc3n2CCCC3)C1. The van der Waals surface area contributed by atoms with Gasteiger partial charge in [-0.15, -0.1) is 0 Å². The van der Waals surface area contributed by atoms with Crippen LogP contribution in [0.25, 0.3) is 0 Å². The molecule has 1 unspecified atom stereocenters. The van der Waals surface area contributed by atoms with E-state index in [4.69, 9.17) is 0 Å². The van der Waals surface area contributed by atoms with Gasteiger partial charge in [-0.2, -0.15) is 0 Å². The lowest BCUT2D eigenvalue weighted by molar-refractivity contribution is 0.302. The molecule has 1 aromatic rings. The minimum atomic E-state index is -3.04. The highest BCUT2D eigenvalue weighted by Gasteiger charge is 2.42. The Morgan fingerprint density at radius 1 is 1.10 bits per heavy atom. The van der Waals surface area contributed by atoms with Gasteiger partial charge in [-0.1, -0.05) is 0 Å². The van der Waals surface area contributed by atoms with Crippen molar-refractivity contribution in [3.8, 4) is 0 Å². The summed E-state index contributed by atoms with van der Waals surface area (Å²) in [6.07, 6.45) is 9.30. The summed E-state index contributed by atoms with van der Waals surface area (Å²) in [7, 11) is -3.04. The monoisotopic (exact) mass is 309 g/mol. The number of piperidine rings is 1. The van der Waals surface area contributed by atoms with Crippen molar-refractivity contribution >= 4 is 10.0 Å². The summed E-state index contributed by atoms with van der Waals surface area (Å²) in [6.45, 7) is 2.38. The first-order valence-electron chi connectivity index (χ1n) is 8.19. The van der Waals surface area contributed by atoms with Gasteiger partial charge in [-0.25, -0.2) is 17.7 Å². The van der Waals surface area contributed by atoms with Gasteiger partial charge in [0, 0.05) is 37.4 Å². The van der Waals surface area contributed by atoms with Crippen LogP contribution in [0.3, 0.4) is 0 Å². The van der Waals surface area contributed by atoms with Gasteiger partial charge >= 0.3 is 0 Å². The molecule has 0 aromatic carbocycles. The van der Waals surface area contributed by atoms with Crippen molar-refractivity contribution in [3.63, 3.8) is 0 Å². The van der Waals surface area contributed by atoms with Gasteiger partial charge in [0.25, 0.3) is 0 Å². The second-order valence-corrected chi connectivity index (χ2v) is 8.87. The lowest BCUT2D eigenvalue weighted by Gasteiger charge is -2.32. The first-order valence-corrected chi connectivity index (χ1v) is 9.70. The standard InChI is InChI=1S/C15H23N3O2S/c19-21(20,14-6-7-14)17-8-3-4-12(11-17)15-16-10-13-5-1-2-9-18(13)15/h10,12,14H,1-9,11H2. The molecule has 2 fully saturated rings. The predicted molar refractivity (Wildman–Crippen MR) is 80.7 cm³/mol. The molecule has 5 nitrogen and oxygen atoms in total. The normalized spacial score (nSPS) is 27.5. The van der Waals surface area contributed by atoms with Gasteiger partial charge in [0.05, 0.1) is 5.25 Å². The van der Waals surface area contributed by atoms with Gasteiger partial charge in [-0.3, -0.25) is 0 Å². The molecule has 1 saturated heterocycles. The Morgan fingerprint density at radius 2 is 1.95 bits per heavy atom. The molecular weight excluding hydrogens is 286 g/mol. The van der Waals surface area contributed by atoms with E-state index in [1.165, 1.54) is 18.5 Å². The summed E-state index contributed by atoms with van der Waals surface area (Å²) in [5.41, 5.74) is 1.33. The fourth-order valence-corrected chi connectivity index (χ4v) is 5.67. The zero-order valence-corrected chi connectivity index (χ0v) is 13.2. The van der Waals surface area contributed by atoms with Crippen molar-refractivity contribution in [2.75, 3.05) is 13.1 Å². The van der Waals surface area contributed by atoms with Gasteiger partial charge in [0.2, 0.25) is 10.0 Å². The molecule has 0 radical (unpaired) electrons. The van der Waals surface area contributed by atoms with E-state index >= 15 is 0 Å². The molecule has 1 aromatic heterocycles. The van der Waals surface area contributed by atoms with Gasteiger partial charge in [0.1, 0.15) is 5.82 Å². The average molecular weight is 309 g/mol. The molecule has 0 spiro atoms. The quantitative estimate of drug-likeness (QED) is 0.857. The molecule has 1 saturated carbocycles. The van der Waals surface area contributed by atoms with E-state index in [0.29, 0.717) is 13.1 Å². The minimum absolute atomic E-state index is 0.0922. The molecule has 4 rings (SSSR count). The second-order valence-electron chi connectivity index (χ2n) is 6.66. The van der Waals surface area contributed by atoms with Crippen molar-refractivity contribution in [1.29, 1.82) is 0 Å². The van der Waals surface area contributed by atoms with Crippen LogP contribution in [0.15, 0.2) is 6.20 Å². The fourth-order valence-electron chi connectivity index (χ4n) is 3.75. The van der Waals surface area contributed by atoms with Gasteiger partial charge < -0.3 is 4.57 Å². The van der Waals surface area contributed by atoms with E-state index in [0.717, 1.165) is 44.5 Å². The number of hydrogen-bond donors (Lipinski definition) is 0. The fraction of sp³-hybridized carbons (Fsp3) is 0.800. The van der Waals surface area contributed by atoms with Crippen LogP contribution in [0.2, 0.25) is 0 Å². The van der Waals surface area contributed by atoms with Gasteiger partial charge in [-0.05, 0) is 44.9 Å². The van der Waals surface area contributed by atoms with Crippen molar-refractivity contribution in [2.45, 2.75) is 62.7 Å². The van der Waals surface area contributed by atoms with Crippen LogP contribution in [-0.2, 0) is 23.0 Å². The third-order valence-electron chi connectivity index (χ3n) is 5.09. The Bertz CT molecular complexity index is 633. The van der Waals surface area contributed by atoms with Crippen LogP contribution in [0.5, 0.6) is 0 Å². The molecule has 0 amide bonds. The number of imidazole rings is 1. The largest absolute Gasteiger partial charge is 0.332 e. The molecule has 3 heterocycles. The third-order valence-corrected chi connectivity index (χ3v) is 7.45. The van der Waals surface area contributed by atoms with E-state index in [1.54, 1.807) is 4.31 Å². The number of aryl methyl sites for hydroxylation is 1. The summed E-state index contributed by atoms with van der Waals surface area (Å²) >= 11 is 0. The van der Waals surface area contributed by atoms with Crippen molar-refractivity contribution < 1.29 is 8.42 Å². The smallest absolute Gasteiger partial charge is 0.217 e. The molecule has 1 aliphatic carbocycles. The van der Waals surface area contributed by atoms with Crippen molar-refractivity contribution in [3.05, 3.63) is 17.7 Å². The van der Waals surface area contributed by atoms with Crippen molar-refractivity contribution in [1.82, 2.24) is 13.9 Å². The number of hydrogen-bond acceptors (Lipinski definition) is 3. The number of nitrogens with zero attached hydrogens (tertiary/aromatic N) is 3. The Hall–Kier alpha value is -0.880. The average Bonchev–Trinajstić information content (AvgIpc) is 3.28. The predicted octanol–water partition coefficient (Wildman–Crippen LogP) is 1.89. The Morgan fingerprint density at radius 3 is 2.76 bits per heavy atom. The highest BCUT2D eigenvalue weighted by atomic mass is 32.2. The maximum Gasteiger partial charge on any atom is 0.217 e. The van der Waals surface area contributed by atoms with Gasteiger partial charge in [0.15, 0.2) is 0 Å². The molecule has 0 bridgehead atoms. The van der Waals surface area contributed by atoms with Crippen LogP contribution in [0.1, 0.15) is 56.0 Å². The first-order chi connectivity index (χ1) is 10.2. The molecule has 0 N–H and O–H groups in total. The van der Waals surface area contributed by atoms with Crippen LogP contribution >= 0.6 is 0 Å². The number of sulfonamides is 1. The zero-order valence-electron chi connectivity index (χ0n) is 12.4. The van der Waals surface area contributed by atoms with E-state index in [2.05, 4.69) is 9.55 Å². The Labute approximate surface area is 126 Å². The summed E-state index contributed by atoms with van der Waals surface area (Å²) in [4.78, 5) is 4.64. The van der Waals surface area contributed by atoms with E-state index < -0.39 is 10.0 Å². The minimum Gasteiger partial charge on any atom is -0.332 e. The number of rotatable bonds is 3. The summed E-state index contributed by atoms with van der Waals surface area (Å²) in [6, 6.07) is 0. The molecule has 21 heavy (non-hydrogen) atoms. The molecule has 6 heteroatoms. The van der Waals surface area contributed by atoms with Crippen molar-refractivity contribution in [2.24, 2.45) is 0 Å². The first kappa shape index (κ1) is 13.8. The summed E-state index contributed by atoms with van der Waals surface area (Å²) in [5.74, 6) is 1.40. The molecular formula is C15H23N3O2S. The zero-order chi connectivity index (χ0) is 14.4. The number of fused-ring (bicyclic) bond motifs is 1. The Kier molecular flexibility index (Phi) is 3.34. The highest BCUT2D eigenvalue weighted by Crippen LogP contribution is 2.35. The van der Waals surface area contributed by atoms with E-state index in [9.17, 15) is 8.42 Å². The molecule has 1 atom stereocenters. The van der Waals surface area contributed by atoms with E-state index in [1.807, 2.05) is 6.20 Å². The second kappa shape index (κ2) is 5.09. The Balaban J connectivity index is 1.57. The van der Waals surface area contributed by atoms with Crippen LogP contribution < -0.4 is 0 Å². The molecule has 3 aliphatic rings. The summed E-state index contributed by atoms with van der Waals surface area (Å²) < 4.78 is 29.0. The van der Waals surface area contributed by atoms with Crippen LogP contribution in [-0.4, -0.2) is 40.6 Å².